The van der Waals surface area contributed by atoms with Crippen molar-refractivity contribution in [3.63, 3.8) is 0 Å². The molecule has 1 heterocycles. The molecule has 1 amide bonds. The van der Waals surface area contributed by atoms with Crippen LogP contribution in [0.2, 0.25) is 0 Å². The predicted octanol–water partition coefficient (Wildman–Crippen LogP) is 5.16. The van der Waals surface area contributed by atoms with Gasteiger partial charge in [-0.25, -0.2) is 4.98 Å². The average molecular weight is 439 g/mol. The molecule has 0 unspecified atom stereocenters. The zero-order chi connectivity index (χ0) is 22.4. The first-order chi connectivity index (χ1) is 14.8. The van der Waals surface area contributed by atoms with Crippen molar-refractivity contribution >= 4 is 17.2 Å². The fraction of sp³-hybridized carbons (Fsp3) is 0.360. The molecule has 31 heavy (non-hydrogen) atoms. The van der Waals surface area contributed by atoms with Gasteiger partial charge in [0.15, 0.2) is 6.61 Å². The summed E-state index contributed by atoms with van der Waals surface area (Å²) in [6.07, 6.45) is 0.762. The third-order valence-electron chi connectivity index (χ3n) is 4.96. The van der Waals surface area contributed by atoms with Crippen molar-refractivity contribution in [3.8, 4) is 22.8 Å². The van der Waals surface area contributed by atoms with Crippen LogP contribution in [0.15, 0.2) is 47.8 Å². The summed E-state index contributed by atoms with van der Waals surface area (Å²) in [5.74, 6) is 1.35. The molecule has 3 rings (SSSR count). The van der Waals surface area contributed by atoms with Gasteiger partial charge in [-0.3, -0.25) is 4.79 Å². The van der Waals surface area contributed by atoms with E-state index < -0.39 is 0 Å². The Hall–Kier alpha value is -2.86. The summed E-state index contributed by atoms with van der Waals surface area (Å²) < 4.78 is 11.1. The molecule has 0 aliphatic heterocycles. The van der Waals surface area contributed by atoms with Crippen LogP contribution in [0.4, 0.5) is 0 Å². The molecule has 0 atom stereocenters. The second-order valence-corrected chi connectivity index (χ2v) is 9.51. The fourth-order valence-corrected chi connectivity index (χ4v) is 3.85. The minimum atomic E-state index is -0.134. The van der Waals surface area contributed by atoms with Crippen molar-refractivity contribution in [1.82, 2.24) is 10.3 Å². The summed E-state index contributed by atoms with van der Waals surface area (Å²) in [5, 5.41) is 6.06. The lowest BCUT2D eigenvalue weighted by Gasteiger charge is -2.23. The van der Waals surface area contributed by atoms with Crippen LogP contribution in [0.25, 0.3) is 11.3 Å². The van der Waals surface area contributed by atoms with Crippen LogP contribution in [0.5, 0.6) is 11.5 Å². The Balaban J connectivity index is 1.49. The van der Waals surface area contributed by atoms with Gasteiger partial charge < -0.3 is 14.8 Å². The molecule has 0 saturated carbocycles. The topological polar surface area (TPSA) is 60.5 Å². The van der Waals surface area contributed by atoms with Gasteiger partial charge in [-0.2, -0.15) is 0 Å². The van der Waals surface area contributed by atoms with Gasteiger partial charge in [-0.05, 0) is 42.5 Å². The smallest absolute Gasteiger partial charge is 0.257 e. The number of amides is 1. The molecule has 0 bridgehead atoms. The Labute approximate surface area is 188 Å². The highest BCUT2D eigenvalue weighted by atomic mass is 32.1. The molecule has 1 N–H and O–H groups in total. The van der Waals surface area contributed by atoms with Crippen molar-refractivity contribution in [1.29, 1.82) is 0 Å². The molecule has 0 fully saturated rings. The lowest BCUT2D eigenvalue weighted by Crippen LogP contribution is -2.31. The summed E-state index contributed by atoms with van der Waals surface area (Å²) in [6, 6.07) is 14.0. The Morgan fingerprint density at radius 2 is 1.87 bits per heavy atom. The molecule has 0 spiro atoms. The fourth-order valence-electron chi connectivity index (χ4n) is 3.23. The molecule has 1 aromatic heterocycles. The molecule has 5 nitrogen and oxygen atoms in total. The number of methoxy groups -OCH3 is 1. The van der Waals surface area contributed by atoms with Gasteiger partial charge in [0, 0.05) is 23.1 Å². The Morgan fingerprint density at radius 3 is 2.48 bits per heavy atom. The number of aryl methyl sites for hydroxylation is 1. The van der Waals surface area contributed by atoms with E-state index in [0.29, 0.717) is 12.3 Å². The summed E-state index contributed by atoms with van der Waals surface area (Å²) in [4.78, 5) is 16.8. The minimum absolute atomic E-state index is 0.0163. The molecular weight excluding hydrogens is 408 g/mol. The van der Waals surface area contributed by atoms with Gasteiger partial charge in [0.2, 0.25) is 0 Å². The summed E-state index contributed by atoms with van der Waals surface area (Å²) >= 11 is 1.65. The number of nitrogens with zero attached hydrogens (tertiary/aromatic N) is 1. The van der Waals surface area contributed by atoms with E-state index in [1.165, 1.54) is 5.56 Å². The molecular formula is C25H30N2O3S. The SMILES string of the molecule is COc1ccc(OCC(=O)NCCc2ccc(-c3csc(C)n3)cc2)c(C(C)(C)C)c1. The van der Waals surface area contributed by atoms with Crippen molar-refractivity contribution < 1.29 is 14.3 Å². The third kappa shape index (κ3) is 6.31. The maximum absolute atomic E-state index is 12.3. The number of hydrogen-bond acceptors (Lipinski definition) is 5. The molecule has 2 aromatic carbocycles. The van der Waals surface area contributed by atoms with Gasteiger partial charge in [0.05, 0.1) is 17.8 Å². The number of carbonyl (C=O) groups excluding carboxylic acids is 1. The van der Waals surface area contributed by atoms with E-state index in [-0.39, 0.29) is 17.9 Å². The van der Waals surface area contributed by atoms with Gasteiger partial charge in [-0.15, -0.1) is 11.3 Å². The highest BCUT2D eigenvalue weighted by molar-refractivity contribution is 7.09. The first kappa shape index (κ1) is 22.8. The normalized spacial score (nSPS) is 11.3. The van der Waals surface area contributed by atoms with Gasteiger partial charge in [0.25, 0.3) is 5.91 Å². The molecule has 3 aromatic rings. The number of aromatic nitrogens is 1. The minimum Gasteiger partial charge on any atom is -0.497 e. The lowest BCUT2D eigenvalue weighted by atomic mass is 9.86. The van der Waals surface area contributed by atoms with Crippen molar-refractivity contribution in [2.45, 2.75) is 39.5 Å². The molecule has 0 radical (unpaired) electrons. The summed E-state index contributed by atoms with van der Waals surface area (Å²) in [7, 11) is 1.64. The van der Waals surface area contributed by atoms with Crippen LogP contribution in [0.3, 0.4) is 0 Å². The molecule has 0 saturated heterocycles. The number of rotatable bonds is 8. The molecule has 164 valence electrons. The number of thiazole rings is 1. The maximum Gasteiger partial charge on any atom is 0.257 e. The highest BCUT2D eigenvalue weighted by Crippen LogP contribution is 2.34. The largest absolute Gasteiger partial charge is 0.497 e. The standard InChI is InChI=1S/C25H30N2O3S/c1-17-27-22(16-31-17)19-8-6-18(7-9-19)12-13-26-24(28)15-30-23-11-10-20(29-5)14-21(23)25(2,3)4/h6-11,14,16H,12-13,15H2,1-5H3,(H,26,28). The average Bonchev–Trinajstić information content (AvgIpc) is 3.18. The Bertz CT molecular complexity index is 1020. The van der Waals surface area contributed by atoms with Crippen LogP contribution >= 0.6 is 11.3 Å². The molecule has 6 heteroatoms. The summed E-state index contributed by atoms with van der Waals surface area (Å²) in [6.45, 7) is 8.87. The van der Waals surface area contributed by atoms with E-state index in [4.69, 9.17) is 9.47 Å². The summed E-state index contributed by atoms with van der Waals surface area (Å²) in [5.41, 5.74) is 4.17. The van der Waals surface area contributed by atoms with E-state index in [1.807, 2.05) is 25.1 Å². The van der Waals surface area contributed by atoms with E-state index in [9.17, 15) is 4.79 Å². The van der Waals surface area contributed by atoms with Crippen LogP contribution < -0.4 is 14.8 Å². The van der Waals surface area contributed by atoms with Crippen LogP contribution in [0.1, 0.15) is 36.9 Å². The van der Waals surface area contributed by atoms with Gasteiger partial charge in [0.1, 0.15) is 11.5 Å². The van der Waals surface area contributed by atoms with E-state index in [2.05, 4.69) is 60.7 Å². The van der Waals surface area contributed by atoms with Gasteiger partial charge >= 0.3 is 0 Å². The van der Waals surface area contributed by atoms with Crippen LogP contribution in [-0.2, 0) is 16.6 Å². The zero-order valence-corrected chi connectivity index (χ0v) is 19.6. The second kappa shape index (κ2) is 9.96. The number of ether oxygens (including phenoxy) is 2. The van der Waals surface area contributed by atoms with E-state index in [1.54, 1.807) is 18.4 Å². The lowest BCUT2D eigenvalue weighted by molar-refractivity contribution is -0.123. The van der Waals surface area contributed by atoms with Crippen molar-refractivity contribution in [3.05, 3.63) is 64.0 Å². The van der Waals surface area contributed by atoms with Crippen molar-refractivity contribution in [2.24, 2.45) is 0 Å². The van der Waals surface area contributed by atoms with Crippen molar-refractivity contribution in [2.75, 3.05) is 20.3 Å². The van der Waals surface area contributed by atoms with E-state index in [0.717, 1.165) is 34.0 Å². The zero-order valence-electron chi connectivity index (χ0n) is 18.8. The van der Waals surface area contributed by atoms with Crippen LogP contribution in [-0.4, -0.2) is 31.2 Å². The van der Waals surface area contributed by atoms with Crippen LogP contribution in [0, 0.1) is 6.92 Å². The number of carbonyl (C=O) groups is 1. The molecule has 0 aliphatic rings. The Kier molecular flexibility index (Phi) is 7.33. The first-order valence-electron chi connectivity index (χ1n) is 10.4. The van der Waals surface area contributed by atoms with Gasteiger partial charge in [-0.1, -0.05) is 45.0 Å². The third-order valence-corrected chi connectivity index (χ3v) is 5.73. The number of hydrogen-bond donors (Lipinski definition) is 1. The quantitative estimate of drug-likeness (QED) is 0.528. The highest BCUT2D eigenvalue weighted by Gasteiger charge is 2.20. The second-order valence-electron chi connectivity index (χ2n) is 8.45. The first-order valence-corrected chi connectivity index (χ1v) is 11.2. The van der Waals surface area contributed by atoms with E-state index >= 15 is 0 Å². The number of benzene rings is 2. The monoisotopic (exact) mass is 438 g/mol. The Morgan fingerprint density at radius 1 is 1.13 bits per heavy atom. The molecule has 0 aliphatic carbocycles. The predicted molar refractivity (Wildman–Crippen MR) is 126 cm³/mol. The maximum atomic E-state index is 12.3. The number of nitrogens with one attached hydrogen (secondary N) is 1.